The fraction of sp³-hybridized carbons (Fsp3) is 0.636. The zero-order valence-corrected chi connectivity index (χ0v) is 11.8. The number of nitrogens with one attached hydrogen (secondary N) is 1. The largest absolute Gasteiger partial charge is 0.480 e. The van der Waals surface area contributed by atoms with Crippen LogP contribution in [0.4, 0.5) is 0 Å². The van der Waals surface area contributed by atoms with Gasteiger partial charge in [-0.1, -0.05) is 0 Å². The van der Waals surface area contributed by atoms with Gasteiger partial charge in [0.2, 0.25) is 10.0 Å². The molecule has 1 fully saturated rings. The fourth-order valence-electron chi connectivity index (χ4n) is 2.32. The number of ether oxygens (including phenoxy) is 1. The van der Waals surface area contributed by atoms with Crippen molar-refractivity contribution in [3.05, 3.63) is 12.4 Å². The maximum absolute atomic E-state index is 12.2. The first-order valence-electron chi connectivity index (χ1n) is 6.22. The zero-order chi connectivity index (χ0) is 14.8. The van der Waals surface area contributed by atoms with E-state index in [2.05, 4.69) is 9.82 Å². The van der Waals surface area contributed by atoms with Crippen LogP contribution in [0.15, 0.2) is 17.3 Å². The molecule has 2 rings (SSSR count). The van der Waals surface area contributed by atoms with Crippen molar-refractivity contribution in [1.29, 1.82) is 0 Å². The molecule has 1 saturated carbocycles. The number of methoxy groups -OCH3 is 1. The molecule has 20 heavy (non-hydrogen) atoms. The molecule has 0 aliphatic heterocycles. The van der Waals surface area contributed by atoms with Crippen LogP contribution in [0.3, 0.4) is 0 Å². The summed E-state index contributed by atoms with van der Waals surface area (Å²) < 4.78 is 33.3. The summed E-state index contributed by atoms with van der Waals surface area (Å²) in [6.45, 7) is -0.375. The summed E-state index contributed by atoms with van der Waals surface area (Å²) in [4.78, 5) is 10.5. The Morgan fingerprint density at radius 2 is 2.35 bits per heavy atom. The van der Waals surface area contributed by atoms with Gasteiger partial charge < -0.3 is 9.84 Å². The lowest BCUT2D eigenvalue weighted by Crippen LogP contribution is -2.40. The standard InChI is InChI=1S/C11H17N3O5S/c1-19-10-4-2-3-9(10)13-20(17,18)8-5-12-14(6-8)7-11(15)16/h5-6,9-10,13H,2-4,7H2,1H3,(H,15,16). The lowest BCUT2D eigenvalue weighted by atomic mass is 10.2. The maximum Gasteiger partial charge on any atom is 0.325 e. The fourth-order valence-corrected chi connectivity index (χ4v) is 3.57. The molecule has 112 valence electrons. The Hall–Kier alpha value is -1.45. The highest BCUT2D eigenvalue weighted by atomic mass is 32.2. The van der Waals surface area contributed by atoms with Gasteiger partial charge in [-0.3, -0.25) is 9.48 Å². The van der Waals surface area contributed by atoms with E-state index in [1.807, 2.05) is 0 Å². The lowest BCUT2D eigenvalue weighted by molar-refractivity contribution is -0.137. The van der Waals surface area contributed by atoms with E-state index >= 15 is 0 Å². The van der Waals surface area contributed by atoms with Crippen LogP contribution < -0.4 is 4.72 Å². The van der Waals surface area contributed by atoms with Crippen LogP contribution in [-0.4, -0.2) is 48.5 Å². The molecule has 2 atom stereocenters. The van der Waals surface area contributed by atoms with Gasteiger partial charge in [0.15, 0.2) is 0 Å². The first kappa shape index (κ1) is 14.9. The molecule has 0 aromatic carbocycles. The molecule has 0 spiro atoms. The third-order valence-electron chi connectivity index (χ3n) is 3.28. The number of hydrogen-bond acceptors (Lipinski definition) is 5. The Morgan fingerprint density at radius 1 is 1.60 bits per heavy atom. The molecule has 1 aliphatic carbocycles. The third-order valence-corrected chi connectivity index (χ3v) is 4.72. The van der Waals surface area contributed by atoms with Crippen LogP contribution in [0, 0.1) is 0 Å². The van der Waals surface area contributed by atoms with Crippen LogP contribution in [0.5, 0.6) is 0 Å². The molecule has 0 saturated heterocycles. The predicted octanol–water partition coefficient (Wildman–Crippen LogP) is -0.186. The minimum Gasteiger partial charge on any atom is -0.480 e. The Kier molecular flexibility index (Phi) is 4.41. The smallest absolute Gasteiger partial charge is 0.325 e. The van der Waals surface area contributed by atoms with Crippen molar-refractivity contribution in [3.8, 4) is 0 Å². The molecule has 0 radical (unpaired) electrons. The van der Waals surface area contributed by atoms with Gasteiger partial charge in [0.05, 0.1) is 12.3 Å². The number of aromatic nitrogens is 2. The molecule has 1 aromatic rings. The number of carbonyl (C=O) groups is 1. The number of sulfonamides is 1. The SMILES string of the molecule is COC1CCCC1NS(=O)(=O)c1cnn(CC(=O)O)c1. The van der Waals surface area contributed by atoms with Gasteiger partial charge in [-0.15, -0.1) is 0 Å². The molecular formula is C11H17N3O5S. The molecule has 0 amide bonds. The molecule has 2 N–H and O–H groups in total. The van der Waals surface area contributed by atoms with Gasteiger partial charge in [0, 0.05) is 19.3 Å². The molecule has 1 aromatic heterocycles. The highest BCUT2D eigenvalue weighted by Crippen LogP contribution is 2.23. The van der Waals surface area contributed by atoms with Crippen molar-refractivity contribution >= 4 is 16.0 Å². The second-order valence-electron chi connectivity index (χ2n) is 4.70. The Morgan fingerprint density at radius 3 is 3.00 bits per heavy atom. The summed E-state index contributed by atoms with van der Waals surface area (Å²) >= 11 is 0. The van der Waals surface area contributed by atoms with Gasteiger partial charge in [-0.2, -0.15) is 5.10 Å². The van der Waals surface area contributed by atoms with Crippen LogP contribution in [-0.2, 0) is 26.1 Å². The molecule has 8 nitrogen and oxygen atoms in total. The topological polar surface area (TPSA) is 111 Å². The van der Waals surface area contributed by atoms with Crippen molar-refractivity contribution in [3.63, 3.8) is 0 Å². The number of nitrogens with zero attached hydrogens (tertiary/aromatic N) is 2. The number of rotatable bonds is 6. The van der Waals surface area contributed by atoms with Gasteiger partial charge >= 0.3 is 5.97 Å². The lowest BCUT2D eigenvalue weighted by Gasteiger charge is -2.18. The van der Waals surface area contributed by atoms with Crippen molar-refractivity contribution in [2.24, 2.45) is 0 Å². The Bertz CT molecular complexity index is 583. The number of carboxylic acid groups (broad SMARTS) is 1. The molecule has 1 aliphatic rings. The molecule has 1 heterocycles. The van der Waals surface area contributed by atoms with E-state index in [4.69, 9.17) is 9.84 Å². The van der Waals surface area contributed by atoms with Crippen molar-refractivity contribution in [2.75, 3.05) is 7.11 Å². The third kappa shape index (κ3) is 3.35. The first-order valence-corrected chi connectivity index (χ1v) is 7.70. The molecule has 0 bridgehead atoms. The maximum atomic E-state index is 12.2. The number of carboxylic acids is 1. The van der Waals surface area contributed by atoms with Crippen LogP contribution >= 0.6 is 0 Å². The predicted molar refractivity (Wildman–Crippen MR) is 68.6 cm³/mol. The van der Waals surface area contributed by atoms with E-state index in [1.165, 1.54) is 6.20 Å². The van der Waals surface area contributed by atoms with Crippen LogP contribution in [0.1, 0.15) is 19.3 Å². The van der Waals surface area contributed by atoms with E-state index in [0.29, 0.717) is 0 Å². The van der Waals surface area contributed by atoms with Crippen molar-refractivity contribution in [2.45, 2.75) is 42.8 Å². The highest BCUT2D eigenvalue weighted by Gasteiger charge is 2.31. The number of aliphatic carboxylic acids is 1. The monoisotopic (exact) mass is 303 g/mol. The summed E-state index contributed by atoms with van der Waals surface area (Å²) in [7, 11) is -2.15. The highest BCUT2D eigenvalue weighted by molar-refractivity contribution is 7.89. The molecular weight excluding hydrogens is 286 g/mol. The van der Waals surface area contributed by atoms with Crippen molar-refractivity contribution in [1.82, 2.24) is 14.5 Å². The summed E-state index contributed by atoms with van der Waals surface area (Å²) in [5.74, 6) is -1.08. The quantitative estimate of drug-likeness (QED) is 0.754. The molecule has 2 unspecified atom stereocenters. The zero-order valence-electron chi connectivity index (χ0n) is 11.0. The van der Waals surface area contributed by atoms with E-state index < -0.39 is 16.0 Å². The van der Waals surface area contributed by atoms with E-state index in [0.717, 1.165) is 30.1 Å². The minimum absolute atomic E-state index is 0.0412. The summed E-state index contributed by atoms with van der Waals surface area (Å²) in [6, 6.07) is -0.257. The van der Waals surface area contributed by atoms with E-state index in [-0.39, 0.29) is 23.6 Å². The van der Waals surface area contributed by atoms with Gasteiger partial charge in [-0.05, 0) is 19.3 Å². The number of hydrogen-bond donors (Lipinski definition) is 2. The van der Waals surface area contributed by atoms with Crippen LogP contribution in [0.25, 0.3) is 0 Å². The summed E-state index contributed by atoms with van der Waals surface area (Å²) in [5, 5.41) is 12.4. The average molecular weight is 303 g/mol. The summed E-state index contributed by atoms with van der Waals surface area (Å²) in [5.41, 5.74) is 0. The van der Waals surface area contributed by atoms with E-state index in [9.17, 15) is 13.2 Å². The second-order valence-corrected chi connectivity index (χ2v) is 6.41. The summed E-state index contributed by atoms with van der Waals surface area (Å²) in [6.07, 6.45) is 4.67. The van der Waals surface area contributed by atoms with Crippen molar-refractivity contribution < 1.29 is 23.1 Å². The Labute approximate surface area is 116 Å². The second kappa shape index (κ2) is 5.90. The van der Waals surface area contributed by atoms with Gasteiger partial charge in [-0.25, -0.2) is 13.1 Å². The van der Waals surface area contributed by atoms with Crippen LogP contribution in [0.2, 0.25) is 0 Å². The minimum atomic E-state index is -3.71. The normalized spacial score (nSPS) is 23.1. The van der Waals surface area contributed by atoms with Gasteiger partial charge in [0.25, 0.3) is 0 Å². The average Bonchev–Trinajstić information content (AvgIpc) is 2.97. The van der Waals surface area contributed by atoms with E-state index in [1.54, 1.807) is 7.11 Å². The first-order chi connectivity index (χ1) is 9.42. The Balaban J connectivity index is 2.10. The van der Waals surface area contributed by atoms with Gasteiger partial charge in [0.1, 0.15) is 11.4 Å². The molecule has 9 heteroatoms.